The smallest absolute Gasteiger partial charge is 0.229 e. The van der Waals surface area contributed by atoms with Crippen LogP contribution in [0.15, 0.2) is 48.5 Å². The van der Waals surface area contributed by atoms with Gasteiger partial charge >= 0.3 is 0 Å². The molecule has 0 amide bonds. The lowest BCUT2D eigenvalue weighted by atomic mass is 10.1. The van der Waals surface area contributed by atoms with Gasteiger partial charge in [0, 0.05) is 31.6 Å². The second-order valence-corrected chi connectivity index (χ2v) is 6.79. The van der Waals surface area contributed by atoms with Crippen molar-refractivity contribution < 1.29 is 8.78 Å². The van der Waals surface area contributed by atoms with Crippen molar-refractivity contribution in [1.29, 1.82) is 0 Å². The number of fused-ring (bicyclic) bond motifs is 1. The summed E-state index contributed by atoms with van der Waals surface area (Å²) in [5.41, 5.74) is 2.61. The van der Waals surface area contributed by atoms with Crippen LogP contribution in [0.3, 0.4) is 0 Å². The molecule has 1 aliphatic rings. The van der Waals surface area contributed by atoms with Gasteiger partial charge in [0.2, 0.25) is 5.95 Å². The van der Waals surface area contributed by atoms with Gasteiger partial charge in [-0.05, 0) is 17.7 Å². The molecule has 4 rings (SSSR count). The van der Waals surface area contributed by atoms with Crippen LogP contribution in [0.5, 0.6) is 0 Å². The third kappa shape index (κ3) is 3.91. The molecular weight excluding hydrogens is 370 g/mol. The Labute approximate surface area is 160 Å². The maximum atomic E-state index is 13.8. The summed E-state index contributed by atoms with van der Waals surface area (Å²) in [4.78, 5) is 10.9. The number of benzene rings is 2. The van der Waals surface area contributed by atoms with Gasteiger partial charge in [-0.25, -0.2) is 18.7 Å². The minimum atomic E-state index is -0.707. The van der Waals surface area contributed by atoms with Gasteiger partial charge in [0.1, 0.15) is 22.5 Å². The summed E-state index contributed by atoms with van der Waals surface area (Å²) in [6.07, 6.45) is 0.693. The molecule has 4 nitrogen and oxygen atoms in total. The minimum absolute atomic E-state index is 0.0965. The van der Waals surface area contributed by atoms with Crippen LogP contribution in [0.25, 0.3) is 0 Å². The average molecular weight is 387 g/mol. The molecule has 0 unspecified atom stereocenters. The van der Waals surface area contributed by atoms with Crippen molar-refractivity contribution in [3.8, 4) is 0 Å². The molecule has 1 N–H and O–H groups in total. The predicted molar refractivity (Wildman–Crippen MR) is 101 cm³/mol. The van der Waals surface area contributed by atoms with Crippen LogP contribution in [-0.4, -0.2) is 21.4 Å². The molecule has 0 radical (unpaired) electrons. The molecule has 0 bridgehead atoms. The fourth-order valence-corrected chi connectivity index (χ4v) is 3.44. The summed E-state index contributed by atoms with van der Waals surface area (Å²) >= 11 is 6.36. The van der Waals surface area contributed by atoms with Gasteiger partial charge in [-0.2, -0.15) is 0 Å². The average Bonchev–Trinajstić information content (AvgIpc) is 2.66. The quantitative estimate of drug-likeness (QED) is 0.659. The molecule has 7 heteroatoms. The van der Waals surface area contributed by atoms with E-state index in [0.29, 0.717) is 18.1 Å². The molecule has 1 aliphatic heterocycles. The molecule has 0 spiro atoms. The van der Waals surface area contributed by atoms with E-state index in [-0.39, 0.29) is 11.6 Å². The van der Waals surface area contributed by atoms with Gasteiger partial charge in [-0.3, -0.25) is 4.90 Å². The molecule has 27 heavy (non-hydrogen) atoms. The number of anilines is 2. The van der Waals surface area contributed by atoms with Gasteiger partial charge in [0.15, 0.2) is 0 Å². The van der Waals surface area contributed by atoms with Crippen LogP contribution >= 0.6 is 11.6 Å². The number of hydrogen-bond donors (Lipinski definition) is 1. The van der Waals surface area contributed by atoms with Gasteiger partial charge in [0.25, 0.3) is 0 Å². The summed E-state index contributed by atoms with van der Waals surface area (Å²) in [5, 5.41) is 2.91. The Bertz CT molecular complexity index is 945. The van der Waals surface area contributed by atoms with E-state index in [4.69, 9.17) is 11.6 Å². The lowest BCUT2D eigenvalue weighted by Crippen LogP contribution is -2.31. The van der Waals surface area contributed by atoms with E-state index in [1.165, 1.54) is 23.8 Å². The normalized spacial score (nSPS) is 14.0. The molecule has 0 saturated carbocycles. The number of rotatable bonds is 4. The monoisotopic (exact) mass is 386 g/mol. The van der Waals surface area contributed by atoms with Crippen molar-refractivity contribution in [3.05, 3.63) is 82.1 Å². The van der Waals surface area contributed by atoms with Gasteiger partial charge in [-0.1, -0.05) is 48.0 Å². The van der Waals surface area contributed by atoms with E-state index in [9.17, 15) is 8.78 Å². The number of para-hydroxylation sites is 1. The molecule has 1 aromatic heterocycles. The summed E-state index contributed by atoms with van der Waals surface area (Å²) in [5.74, 6) is -1.32. The first-order valence-corrected chi connectivity index (χ1v) is 9.00. The summed E-state index contributed by atoms with van der Waals surface area (Å²) < 4.78 is 27.7. The number of nitrogens with zero attached hydrogens (tertiary/aromatic N) is 3. The maximum absolute atomic E-state index is 13.8. The fraction of sp³-hybridized carbons (Fsp3) is 0.200. The number of hydrogen-bond acceptors (Lipinski definition) is 4. The Morgan fingerprint density at radius 3 is 2.48 bits per heavy atom. The number of nitrogens with one attached hydrogen (secondary N) is 1. The lowest BCUT2D eigenvalue weighted by molar-refractivity contribution is 0.243. The van der Waals surface area contributed by atoms with E-state index in [1.54, 1.807) is 0 Å². The largest absolute Gasteiger partial charge is 0.319 e. The zero-order valence-corrected chi connectivity index (χ0v) is 15.2. The first kappa shape index (κ1) is 17.8. The molecule has 2 aromatic carbocycles. The molecule has 0 saturated heterocycles. The molecule has 0 fully saturated rings. The van der Waals surface area contributed by atoms with E-state index in [0.717, 1.165) is 24.3 Å². The molecular formula is C20H17ClF2N4. The van der Waals surface area contributed by atoms with Gasteiger partial charge < -0.3 is 5.32 Å². The van der Waals surface area contributed by atoms with Crippen molar-refractivity contribution in [2.45, 2.75) is 19.5 Å². The second-order valence-electron chi connectivity index (χ2n) is 6.43. The second kappa shape index (κ2) is 7.58. The zero-order chi connectivity index (χ0) is 18.8. The minimum Gasteiger partial charge on any atom is -0.319 e. The summed E-state index contributed by atoms with van der Waals surface area (Å²) in [7, 11) is 0. The highest BCUT2D eigenvalue weighted by molar-refractivity contribution is 6.30. The van der Waals surface area contributed by atoms with Crippen LogP contribution in [0.2, 0.25) is 5.15 Å². The third-order valence-corrected chi connectivity index (χ3v) is 4.85. The van der Waals surface area contributed by atoms with Crippen LogP contribution < -0.4 is 5.32 Å². The number of aromatic nitrogens is 2. The Morgan fingerprint density at radius 2 is 1.74 bits per heavy atom. The van der Waals surface area contributed by atoms with Crippen molar-refractivity contribution in [1.82, 2.24) is 14.9 Å². The first-order chi connectivity index (χ1) is 13.1. The standard InChI is InChI=1S/C20H17ClF2N4/c21-19-14-12-27(11-13-5-2-1-3-6-13)10-9-17(14)24-20(26-19)25-18-15(22)7-4-8-16(18)23/h1-8H,9-12H2,(H,24,25,26). The van der Waals surface area contributed by atoms with Crippen molar-refractivity contribution >= 4 is 23.2 Å². The Morgan fingerprint density at radius 1 is 1.00 bits per heavy atom. The molecule has 138 valence electrons. The topological polar surface area (TPSA) is 41.1 Å². The van der Waals surface area contributed by atoms with Gasteiger partial charge in [-0.15, -0.1) is 0 Å². The Kier molecular flexibility index (Phi) is 5.01. The van der Waals surface area contributed by atoms with E-state index in [2.05, 4.69) is 32.3 Å². The van der Waals surface area contributed by atoms with Crippen molar-refractivity contribution in [2.24, 2.45) is 0 Å². The van der Waals surface area contributed by atoms with Crippen LogP contribution in [-0.2, 0) is 19.5 Å². The highest BCUT2D eigenvalue weighted by atomic mass is 35.5. The Hall–Kier alpha value is -2.57. The predicted octanol–water partition coefficient (Wildman–Crippen LogP) is 4.71. The zero-order valence-electron chi connectivity index (χ0n) is 14.4. The Balaban J connectivity index is 1.54. The molecule has 0 atom stereocenters. The molecule has 0 aliphatic carbocycles. The van der Waals surface area contributed by atoms with E-state index < -0.39 is 11.6 Å². The van der Waals surface area contributed by atoms with Crippen LogP contribution in [0, 0.1) is 11.6 Å². The maximum Gasteiger partial charge on any atom is 0.229 e. The third-order valence-electron chi connectivity index (χ3n) is 4.54. The highest BCUT2D eigenvalue weighted by Crippen LogP contribution is 2.28. The molecule has 2 heterocycles. The van der Waals surface area contributed by atoms with Crippen molar-refractivity contribution in [3.63, 3.8) is 0 Å². The molecule has 3 aromatic rings. The van der Waals surface area contributed by atoms with Crippen LogP contribution in [0.4, 0.5) is 20.4 Å². The van der Waals surface area contributed by atoms with E-state index in [1.807, 2.05) is 18.2 Å². The van der Waals surface area contributed by atoms with Crippen molar-refractivity contribution in [2.75, 3.05) is 11.9 Å². The summed E-state index contributed by atoms with van der Waals surface area (Å²) in [6, 6.07) is 13.9. The summed E-state index contributed by atoms with van der Waals surface area (Å²) in [6.45, 7) is 2.27. The highest BCUT2D eigenvalue weighted by Gasteiger charge is 2.22. The first-order valence-electron chi connectivity index (χ1n) is 8.63. The fourth-order valence-electron chi connectivity index (χ4n) is 3.19. The van der Waals surface area contributed by atoms with Crippen LogP contribution in [0.1, 0.15) is 16.8 Å². The van der Waals surface area contributed by atoms with Gasteiger partial charge in [0.05, 0.1) is 5.69 Å². The SMILES string of the molecule is Fc1cccc(F)c1Nc1nc(Cl)c2c(n1)CCN(Cc1ccccc1)C2. The number of halogens is 3. The lowest BCUT2D eigenvalue weighted by Gasteiger charge is -2.28. The van der Waals surface area contributed by atoms with E-state index >= 15 is 0 Å².